The van der Waals surface area contributed by atoms with Crippen LogP contribution < -0.4 is 5.73 Å². The predicted molar refractivity (Wildman–Crippen MR) is 66.7 cm³/mol. The van der Waals surface area contributed by atoms with Gasteiger partial charge in [0.1, 0.15) is 5.82 Å². The van der Waals surface area contributed by atoms with Crippen molar-refractivity contribution in [2.24, 2.45) is 0 Å². The highest BCUT2D eigenvalue weighted by atomic mass is 19.1. The molecule has 2 N–H and O–H groups in total. The molecule has 1 fully saturated rings. The Morgan fingerprint density at radius 1 is 1.61 bits per heavy atom. The van der Waals surface area contributed by atoms with Gasteiger partial charge in [0, 0.05) is 12.2 Å². The molecule has 1 atom stereocenters. The molecule has 1 unspecified atom stereocenters. The summed E-state index contributed by atoms with van der Waals surface area (Å²) in [5.41, 5.74) is 6.28. The summed E-state index contributed by atoms with van der Waals surface area (Å²) >= 11 is 0. The summed E-state index contributed by atoms with van der Waals surface area (Å²) in [6.07, 6.45) is 0.807. The van der Waals surface area contributed by atoms with Crippen LogP contribution in [-0.4, -0.2) is 36.6 Å². The molecule has 18 heavy (non-hydrogen) atoms. The molecule has 1 saturated heterocycles. The summed E-state index contributed by atoms with van der Waals surface area (Å²) < 4.78 is 18.5. The number of benzene rings is 1. The molecule has 5 heteroatoms. The van der Waals surface area contributed by atoms with E-state index in [0.29, 0.717) is 25.4 Å². The van der Waals surface area contributed by atoms with E-state index < -0.39 is 5.82 Å². The number of carbonyl (C=O) groups excluding carboxylic acids is 1. The number of nitrogen functional groups attached to an aromatic ring is 1. The van der Waals surface area contributed by atoms with Crippen LogP contribution in [0.5, 0.6) is 0 Å². The van der Waals surface area contributed by atoms with Gasteiger partial charge in [0.25, 0.3) is 5.91 Å². The van der Waals surface area contributed by atoms with E-state index in [4.69, 9.17) is 10.5 Å². The maximum absolute atomic E-state index is 13.2. The van der Waals surface area contributed by atoms with Gasteiger partial charge in [-0.2, -0.15) is 0 Å². The fourth-order valence-electron chi connectivity index (χ4n) is 2.13. The van der Waals surface area contributed by atoms with E-state index in [1.807, 2.05) is 6.92 Å². The topological polar surface area (TPSA) is 55.6 Å². The van der Waals surface area contributed by atoms with Crippen molar-refractivity contribution in [3.63, 3.8) is 0 Å². The smallest absolute Gasteiger partial charge is 0.256 e. The molecule has 98 valence electrons. The van der Waals surface area contributed by atoms with Crippen LogP contribution >= 0.6 is 0 Å². The van der Waals surface area contributed by atoms with Gasteiger partial charge in [-0.25, -0.2) is 4.39 Å². The highest BCUT2D eigenvalue weighted by molar-refractivity contribution is 5.99. The summed E-state index contributed by atoms with van der Waals surface area (Å²) in [4.78, 5) is 14.1. The number of hydrogen-bond donors (Lipinski definition) is 1. The molecule has 0 radical (unpaired) electrons. The molecule has 0 aliphatic carbocycles. The quantitative estimate of drug-likeness (QED) is 0.814. The Balaban J connectivity index is 2.26. The highest BCUT2D eigenvalue weighted by Gasteiger charge is 2.27. The van der Waals surface area contributed by atoms with Gasteiger partial charge >= 0.3 is 0 Å². The van der Waals surface area contributed by atoms with Crippen LogP contribution in [0.4, 0.5) is 10.1 Å². The fourth-order valence-corrected chi connectivity index (χ4v) is 2.13. The van der Waals surface area contributed by atoms with Crippen molar-refractivity contribution in [2.75, 3.05) is 25.5 Å². The van der Waals surface area contributed by atoms with Crippen molar-refractivity contribution in [3.05, 3.63) is 29.6 Å². The zero-order chi connectivity index (χ0) is 13.1. The number of nitrogens with zero attached hydrogens (tertiary/aromatic N) is 1. The number of carbonyl (C=O) groups is 1. The van der Waals surface area contributed by atoms with Crippen LogP contribution in [0.1, 0.15) is 23.7 Å². The number of nitrogens with two attached hydrogens (primary N) is 1. The van der Waals surface area contributed by atoms with Gasteiger partial charge in [0.05, 0.1) is 24.8 Å². The maximum atomic E-state index is 13.2. The van der Waals surface area contributed by atoms with Crippen LogP contribution in [0.25, 0.3) is 0 Å². The molecule has 0 saturated carbocycles. The molecule has 1 aliphatic rings. The van der Waals surface area contributed by atoms with Crippen molar-refractivity contribution in [2.45, 2.75) is 19.4 Å². The first-order valence-electron chi connectivity index (χ1n) is 6.07. The molecule has 4 nitrogen and oxygen atoms in total. The van der Waals surface area contributed by atoms with Crippen molar-refractivity contribution >= 4 is 11.6 Å². The minimum absolute atomic E-state index is 0.0360. The average Bonchev–Trinajstić information content (AvgIpc) is 2.40. The Morgan fingerprint density at radius 2 is 2.39 bits per heavy atom. The second-order valence-corrected chi connectivity index (χ2v) is 4.37. The molecule has 2 rings (SSSR count). The summed E-state index contributed by atoms with van der Waals surface area (Å²) in [7, 11) is 0. The number of hydrogen-bond acceptors (Lipinski definition) is 3. The third-order valence-electron chi connectivity index (χ3n) is 3.21. The molecule has 1 aliphatic heterocycles. The predicted octanol–water partition coefficient (Wildman–Crippen LogP) is 1.66. The van der Waals surface area contributed by atoms with Gasteiger partial charge in [-0.05, 0) is 24.6 Å². The fraction of sp³-hybridized carbons (Fsp3) is 0.462. The van der Waals surface area contributed by atoms with E-state index in [1.165, 1.54) is 18.2 Å². The second kappa shape index (κ2) is 5.35. The summed E-state index contributed by atoms with van der Waals surface area (Å²) in [5, 5.41) is 0. The van der Waals surface area contributed by atoms with E-state index in [2.05, 4.69) is 0 Å². The zero-order valence-corrected chi connectivity index (χ0v) is 10.4. The average molecular weight is 252 g/mol. The highest BCUT2D eigenvalue weighted by Crippen LogP contribution is 2.19. The SMILES string of the molecule is CCC1COCCN1C(=O)c1cc(F)ccc1N. The Hall–Kier alpha value is -1.62. The lowest BCUT2D eigenvalue weighted by Crippen LogP contribution is -2.48. The largest absolute Gasteiger partial charge is 0.398 e. The molecule has 1 aromatic rings. The minimum atomic E-state index is -0.450. The molecule has 1 aromatic carbocycles. The number of amides is 1. The normalized spacial score (nSPS) is 19.9. The van der Waals surface area contributed by atoms with E-state index >= 15 is 0 Å². The van der Waals surface area contributed by atoms with Crippen molar-refractivity contribution in [3.8, 4) is 0 Å². The molecule has 1 amide bonds. The molecular weight excluding hydrogens is 235 g/mol. The van der Waals surface area contributed by atoms with Crippen molar-refractivity contribution in [1.82, 2.24) is 4.90 Å². The Bertz CT molecular complexity index is 451. The molecule has 0 spiro atoms. The van der Waals surface area contributed by atoms with Crippen LogP contribution in [0.15, 0.2) is 18.2 Å². The first-order valence-corrected chi connectivity index (χ1v) is 6.07. The Morgan fingerprint density at radius 3 is 3.11 bits per heavy atom. The number of anilines is 1. The monoisotopic (exact) mass is 252 g/mol. The van der Waals surface area contributed by atoms with Gasteiger partial charge in [0.2, 0.25) is 0 Å². The molecule has 0 bridgehead atoms. The summed E-state index contributed by atoms with van der Waals surface area (Å²) in [6, 6.07) is 3.90. The Kier molecular flexibility index (Phi) is 3.81. The van der Waals surface area contributed by atoms with Crippen LogP contribution in [0.3, 0.4) is 0 Å². The minimum Gasteiger partial charge on any atom is -0.398 e. The first-order chi connectivity index (χ1) is 8.63. The third-order valence-corrected chi connectivity index (χ3v) is 3.21. The molecular formula is C13H17FN2O2. The summed E-state index contributed by atoms with van der Waals surface area (Å²) in [5.74, 6) is -0.670. The van der Waals surface area contributed by atoms with Gasteiger partial charge in [-0.3, -0.25) is 4.79 Å². The summed E-state index contributed by atoms with van der Waals surface area (Å²) in [6.45, 7) is 3.55. The van der Waals surface area contributed by atoms with E-state index in [0.717, 1.165) is 6.42 Å². The van der Waals surface area contributed by atoms with Crippen LogP contribution in [-0.2, 0) is 4.74 Å². The van der Waals surface area contributed by atoms with Crippen LogP contribution in [0, 0.1) is 5.82 Å². The van der Waals surface area contributed by atoms with Crippen molar-refractivity contribution < 1.29 is 13.9 Å². The van der Waals surface area contributed by atoms with Crippen molar-refractivity contribution in [1.29, 1.82) is 0 Å². The lowest BCUT2D eigenvalue weighted by molar-refractivity contribution is -0.00276. The van der Waals surface area contributed by atoms with E-state index in [-0.39, 0.29) is 17.5 Å². The number of ether oxygens (including phenoxy) is 1. The number of rotatable bonds is 2. The van der Waals surface area contributed by atoms with Gasteiger partial charge in [-0.15, -0.1) is 0 Å². The van der Waals surface area contributed by atoms with Gasteiger partial charge in [-0.1, -0.05) is 6.92 Å². The van der Waals surface area contributed by atoms with Gasteiger partial charge < -0.3 is 15.4 Å². The Labute approximate surface area is 106 Å². The lowest BCUT2D eigenvalue weighted by Gasteiger charge is -2.35. The second-order valence-electron chi connectivity index (χ2n) is 4.37. The standard InChI is InChI=1S/C13H17FN2O2/c1-2-10-8-18-6-5-16(10)13(17)11-7-9(14)3-4-12(11)15/h3-4,7,10H,2,5-6,8,15H2,1H3. The maximum Gasteiger partial charge on any atom is 0.256 e. The zero-order valence-electron chi connectivity index (χ0n) is 10.4. The van der Waals surface area contributed by atoms with E-state index in [1.54, 1.807) is 4.90 Å². The van der Waals surface area contributed by atoms with Crippen LogP contribution in [0.2, 0.25) is 0 Å². The molecule has 0 aromatic heterocycles. The third kappa shape index (κ3) is 2.46. The number of halogens is 1. The first kappa shape index (κ1) is 12.8. The molecule has 1 heterocycles. The van der Waals surface area contributed by atoms with Gasteiger partial charge in [0.15, 0.2) is 0 Å². The van der Waals surface area contributed by atoms with E-state index in [9.17, 15) is 9.18 Å². The lowest BCUT2D eigenvalue weighted by atomic mass is 10.1. The number of morpholine rings is 1.